The Morgan fingerprint density at radius 3 is 2.80 bits per heavy atom. The molecular formula is C20H19BrN10OS3. The molecule has 4 aromatic rings. The summed E-state index contributed by atoms with van der Waals surface area (Å²) in [7, 11) is 0. The van der Waals surface area contributed by atoms with E-state index in [0.717, 1.165) is 37.6 Å². The summed E-state index contributed by atoms with van der Waals surface area (Å²) < 4.78 is 3.04. The zero-order valence-electron chi connectivity index (χ0n) is 18.3. The third-order valence-electron chi connectivity index (χ3n) is 4.32. The van der Waals surface area contributed by atoms with E-state index in [1.165, 1.54) is 21.6 Å². The molecule has 15 heteroatoms. The molecule has 0 bridgehead atoms. The van der Waals surface area contributed by atoms with Crippen molar-refractivity contribution in [2.24, 2.45) is 5.10 Å². The summed E-state index contributed by atoms with van der Waals surface area (Å²) >= 11 is 7.49. The van der Waals surface area contributed by atoms with Crippen molar-refractivity contribution in [3.05, 3.63) is 64.4 Å². The van der Waals surface area contributed by atoms with Crippen LogP contribution in [0.5, 0.6) is 0 Å². The van der Waals surface area contributed by atoms with Crippen molar-refractivity contribution in [2.45, 2.75) is 22.2 Å². The first-order valence-corrected chi connectivity index (χ1v) is 13.6. The van der Waals surface area contributed by atoms with Gasteiger partial charge >= 0.3 is 0 Å². The Morgan fingerprint density at radius 2 is 2.00 bits per heavy atom. The molecule has 0 spiro atoms. The standard InChI is InChI=1S/C20H19BrN10OS3/c1-12(14-5-7-23-8-6-14)25-26-17-27-29-19(31(17)22)33-11-16(32)24-18-28-30-20(35-18)34-10-13-3-2-4-15(21)9-13/h2-9H,10-11,22H2,1H3,(H,26,27)(H,24,28,32)/b25-12+. The zero-order chi connectivity index (χ0) is 24.6. The fourth-order valence-electron chi connectivity index (χ4n) is 2.62. The van der Waals surface area contributed by atoms with Crippen LogP contribution in [0.3, 0.4) is 0 Å². The second kappa shape index (κ2) is 12.1. The molecule has 1 aromatic carbocycles. The maximum absolute atomic E-state index is 12.4. The van der Waals surface area contributed by atoms with E-state index in [-0.39, 0.29) is 17.6 Å². The molecule has 11 nitrogen and oxygen atoms in total. The number of rotatable bonds is 10. The third kappa shape index (κ3) is 7.24. The number of carbonyl (C=O) groups excluding carboxylic acids is 1. The summed E-state index contributed by atoms with van der Waals surface area (Å²) in [5.41, 5.74) is 5.59. The number of nitrogen functional groups attached to an aromatic ring is 1. The number of carbonyl (C=O) groups is 1. The highest BCUT2D eigenvalue weighted by Gasteiger charge is 2.14. The lowest BCUT2D eigenvalue weighted by Crippen LogP contribution is -2.17. The number of pyridine rings is 1. The molecule has 0 aliphatic carbocycles. The van der Waals surface area contributed by atoms with Crippen molar-refractivity contribution in [1.29, 1.82) is 0 Å². The Morgan fingerprint density at radius 1 is 1.17 bits per heavy atom. The topological polar surface area (TPSA) is 149 Å². The van der Waals surface area contributed by atoms with Crippen LogP contribution in [0.1, 0.15) is 18.1 Å². The number of hydrogen-bond acceptors (Lipinski definition) is 12. The Balaban J connectivity index is 1.25. The molecule has 0 saturated carbocycles. The summed E-state index contributed by atoms with van der Waals surface area (Å²) in [6.07, 6.45) is 3.37. The van der Waals surface area contributed by atoms with Crippen LogP contribution in [-0.4, -0.2) is 47.4 Å². The van der Waals surface area contributed by atoms with Crippen molar-refractivity contribution in [2.75, 3.05) is 22.3 Å². The molecule has 4 rings (SSSR count). The average Bonchev–Trinajstić information content (AvgIpc) is 3.46. The fourth-order valence-corrected chi connectivity index (χ4v) is 5.43. The average molecular weight is 592 g/mol. The monoisotopic (exact) mass is 590 g/mol. The number of amides is 1. The zero-order valence-corrected chi connectivity index (χ0v) is 22.3. The van der Waals surface area contributed by atoms with Gasteiger partial charge < -0.3 is 5.84 Å². The van der Waals surface area contributed by atoms with Crippen LogP contribution in [0.25, 0.3) is 0 Å². The highest BCUT2D eigenvalue weighted by Crippen LogP contribution is 2.29. The maximum atomic E-state index is 12.4. The first-order chi connectivity index (χ1) is 17.0. The molecule has 0 aliphatic heterocycles. The molecule has 180 valence electrons. The van der Waals surface area contributed by atoms with Gasteiger partial charge in [-0.15, -0.1) is 20.4 Å². The summed E-state index contributed by atoms with van der Waals surface area (Å²) in [6.45, 7) is 1.84. The quantitative estimate of drug-likeness (QED) is 0.0816. The Hall–Kier alpha value is -3.01. The van der Waals surface area contributed by atoms with E-state index < -0.39 is 0 Å². The SMILES string of the molecule is C/C(=N\Nc1nnc(SCC(=O)Nc2nnc(SCc3cccc(Br)c3)s2)n1N)c1ccncc1. The predicted octanol–water partition coefficient (Wildman–Crippen LogP) is 3.86. The van der Waals surface area contributed by atoms with Crippen molar-refractivity contribution in [1.82, 2.24) is 30.1 Å². The third-order valence-corrected chi connectivity index (χ3v) is 7.80. The smallest absolute Gasteiger partial charge is 0.264 e. The summed E-state index contributed by atoms with van der Waals surface area (Å²) in [4.78, 5) is 16.3. The van der Waals surface area contributed by atoms with Gasteiger partial charge in [0.2, 0.25) is 16.2 Å². The molecule has 0 aliphatic rings. The fraction of sp³-hybridized carbons (Fsp3) is 0.150. The summed E-state index contributed by atoms with van der Waals surface area (Å²) in [5, 5.41) is 24.0. The molecular weight excluding hydrogens is 572 g/mol. The van der Waals surface area contributed by atoms with Crippen LogP contribution in [0, 0.1) is 0 Å². The first kappa shape index (κ1) is 25.1. The van der Waals surface area contributed by atoms with Gasteiger partial charge in [0.15, 0.2) is 4.34 Å². The van der Waals surface area contributed by atoms with Crippen LogP contribution in [0.15, 0.2) is 67.9 Å². The van der Waals surface area contributed by atoms with Gasteiger partial charge in [-0.3, -0.25) is 15.1 Å². The van der Waals surface area contributed by atoms with Gasteiger partial charge in [0, 0.05) is 28.2 Å². The number of aromatic nitrogens is 6. The van der Waals surface area contributed by atoms with Gasteiger partial charge in [-0.25, -0.2) is 10.1 Å². The van der Waals surface area contributed by atoms with Gasteiger partial charge in [0.05, 0.1) is 11.5 Å². The number of nitrogens with one attached hydrogen (secondary N) is 2. The second-order valence-corrected chi connectivity index (χ2v) is 10.9. The minimum atomic E-state index is -0.251. The number of hydrazone groups is 1. The lowest BCUT2D eigenvalue weighted by atomic mass is 10.2. The van der Waals surface area contributed by atoms with E-state index >= 15 is 0 Å². The van der Waals surface area contributed by atoms with Crippen molar-refractivity contribution >= 4 is 73.5 Å². The molecule has 0 fully saturated rings. The minimum absolute atomic E-state index is 0.0781. The van der Waals surface area contributed by atoms with Crippen molar-refractivity contribution in [3.63, 3.8) is 0 Å². The van der Waals surface area contributed by atoms with Gasteiger partial charge in [0.1, 0.15) is 0 Å². The van der Waals surface area contributed by atoms with Crippen LogP contribution < -0.4 is 16.6 Å². The van der Waals surface area contributed by atoms with Crippen molar-refractivity contribution < 1.29 is 4.79 Å². The van der Waals surface area contributed by atoms with E-state index in [0.29, 0.717) is 10.3 Å². The Kier molecular flexibility index (Phi) is 8.68. The Bertz CT molecular complexity index is 1330. The first-order valence-electron chi connectivity index (χ1n) is 10.0. The number of nitrogens with zero attached hydrogens (tertiary/aromatic N) is 7. The number of nitrogens with two attached hydrogens (primary N) is 1. The number of hydrogen-bond donors (Lipinski definition) is 3. The predicted molar refractivity (Wildman–Crippen MR) is 143 cm³/mol. The van der Waals surface area contributed by atoms with E-state index in [1.807, 2.05) is 37.3 Å². The highest BCUT2D eigenvalue weighted by molar-refractivity contribution is 9.10. The molecule has 4 N–H and O–H groups in total. The lowest BCUT2D eigenvalue weighted by Gasteiger charge is -2.04. The molecule has 35 heavy (non-hydrogen) atoms. The van der Waals surface area contributed by atoms with E-state index in [9.17, 15) is 4.79 Å². The number of thioether (sulfide) groups is 2. The van der Waals surface area contributed by atoms with E-state index in [4.69, 9.17) is 5.84 Å². The number of anilines is 2. The van der Waals surface area contributed by atoms with Crippen LogP contribution in [0.4, 0.5) is 11.1 Å². The minimum Gasteiger partial charge on any atom is -0.334 e. The van der Waals surface area contributed by atoms with Crippen LogP contribution >= 0.6 is 50.8 Å². The Labute approximate surface area is 221 Å². The van der Waals surface area contributed by atoms with Gasteiger partial charge in [-0.05, 0) is 36.8 Å². The van der Waals surface area contributed by atoms with Crippen molar-refractivity contribution in [3.8, 4) is 0 Å². The molecule has 0 radical (unpaired) electrons. The van der Waals surface area contributed by atoms with Crippen LogP contribution in [0.2, 0.25) is 0 Å². The van der Waals surface area contributed by atoms with E-state index in [2.05, 4.69) is 63.2 Å². The molecule has 3 aromatic heterocycles. The van der Waals surface area contributed by atoms with Crippen LogP contribution in [-0.2, 0) is 10.5 Å². The maximum Gasteiger partial charge on any atom is 0.264 e. The number of halogens is 1. The summed E-state index contributed by atoms with van der Waals surface area (Å²) in [6, 6.07) is 11.8. The van der Waals surface area contributed by atoms with Gasteiger partial charge in [-0.1, -0.05) is 62.9 Å². The second-order valence-electron chi connectivity index (χ2n) is 6.85. The number of benzene rings is 1. The largest absolute Gasteiger partial charge is 0.334 e. The molecule has 1 amide bonds. The lowest BCUT2D eigenvalue weighted by molar-refractivity contribution is -0.113. The molecule has 0 unspecified atom stereocenters. The van der Waals surface area contributed by atoms with Gasteiger partial charge in [0.25, 0.3) is 5.95 Å². The molecule has 0 saturated heterocycles. The molecule has 3 heterocycles. The van der Waals surface area contributed by atoms with E-state index in [1.54, 1.807) is 24.2 Å². The van der Waals surface area contributed by atoms with Gasteiger partial charge in [-0.2, -0.15) is 5.10 Å². The molecule has 0 atom stereocenters. The highest BCUT2D eigenvalue weighted by atomic mass is 79.9. The summed E-state index contributed by atoms with van der Waals surface area (Å²) in [5.74, 6) is 6.86. The normalized spacial score (nSPS) is 11.4.